The van der Waals surface area contributed by atoms with Crippen molar-refractivity contribution < 1.29 is 4.79 Å². The first kappa shape index (κ1) is 18.3. The Kier molecular flexibility index (Phi) is 4.24. The zero-order valence-corrected chi connectivity index (χ0v) is 17.2. The summed E-state index contributed by atoms with van der Waals surface area (Å²) in [5.41, 5.74) is 10.2. The van der Waals surface area contributed by atoms with Crippen molar-refractivity contribution in [1.29, 1.82) is 0 Å². The van der Waals surface area contributed by atoms with Crippen LogP contribution >= 0.6 is 0 Å². The third-order valence-electron chi connectivity index (χ3n) is 5.90. The van der Waals surface area contributed by atoms with Gasteiger partial charge in [0.2, 0.25) is 0 Å². The molecule has 0 bridgehead atoms. The number of nitrogens with zero attached hydrogens (tertiary/aromatic N) is 4. The molecule has 2 aromatic heterocycles. The van der Waals surface area contributed by atoms with Gasteiger partial charge in [0.25, 0.3) is 5.91 Å². The molecule has 0 fully saturated rings. The maximum atomic E-state index is 12.5. The fourth-order valence-electron chi connectivity index (χ4n) is 4.24. The molecular weight excluding hydrogens is 376 g/mol. The molecule has 0 atom stereocenters. The van der Waals surface area contributed by atoms with Crippen LogP contribution in [0.3, 0.4) is 0 Å². The molecule has 7 nitrogen and oxygen atoms in total. The Morgan fingerprint density at radius 3 is 2.77 bits per heavy atom. The highest BCUT2D eigenvalue weighted by molar-refractivity contribution is 6.02. The lowest BCUT2D eigenvalue weighted by Crippen LogP contribution is -2.18. The minimum atomic E-state index is -0.338. The lowest BCUT2D eigenvalue weighted by atomic mass is 9.98. The number of aromatic nitrogens is 4. The number of aryl methyl sites for hydroxylation is 4. The molecule has 2 aromatic carbocycles. The van der Waals surface area contributed by atoms with Crippen molar-refractivity contribution in [2.24, 2.45) is 12.1 Å². The first-order valence-electron chi connectivity index (χ1n) is 9.96. The normalized spacial score (nSPS) is 12.9. The second-order valence-corrected chi connectivity index (χ2v) is 7.69. The van der Waals surface area contributed by atoms with Crippen molar-refractivity contribution in [3.05, 3.63) is 70.2 Å². The van der Waals surface area contributed by atoms with Crippen molar-refractivity contribution in [1.82, 2.24) is 25.4 Å². The monoisotopic (exact) mass is 398 g/mol. The van der Waals surface area contributed by atoms with E-state index in [4.69, 9.17) is 0 Å². The fourth-order valence-corrected chi connectivity index (χ4v) is 4.24. The van der Waals surface area contributed by atoms with Gasteiger partial charge in [-0.2, -0.15) is 15.3 Å². The van der Waals surface area contributed by atoms with Crippen LogP contribution in [0.1, 0.15) is 38.6 Å². The molecule has 0 saturated carbocycles. The summed E-state index contributed by atoms with van der Waals surface area (Å²) in [5.74, 6) is -0.338. The molecule has 1 aliphatic rings. The standard InChI is InChI=1S/C23H22N6O/c1-13-19(14(2)29(3)28-13)12-24-27-23(30)21-11-20(25-26-21)17-10-9-16-8-7-15-5-4-6-18(17)22(15)16/h4-6,9-12H,7-8H2,1-3H3,(H,25,26)(H,27,30)/b24-12-. The number of aromatic amines is 1. The highest BCUT2D eigenvalue weighted by Crippen LogP contribution is 2.36. The quantitative estimate of drug-likeness (QED) is 0.408. The van der Waals surface area contributed by atoms with Crippen LogP contribution in [0.4, 0.5) is 0 Å². The average Bonchev–Trinajstić information content (AvgIpc) is 3.44. The number of carbonyl (C=O) groups excluding carboxylic acids is 1. The molecule has 0 saturated heterocycles. The van der Waals surface area contributed by atoms with Crippen LogP contribution in [-0.2, 0) is 19.9 Å². The van der Waals surface area contributed by atoms with Gasteiger partial charge >= 0.3 is 0 Å². The van der Waals surface area contributed by atoms with Crippen molar-refractivity contribution >= 4 is 22.9 Å². The third-order valence-corrected chi connectivity index (χ3v) is 5.90. The number of hydrogen-bond acceptors (Lipinski definition) is 4. The van der Waals surface area contributed by atoms with Gasteiger partial charge in [-0.3, -0.25) is 14.6 Å². The van der Waals surface area contributed by atoms with Gasteiger partial charge in [0.15, 0.2) is 0 Å². The molecule has 0 spiro atoms. The zero-order valence-electron chi connectivity index (χ0n) is 17.2. The van der Waals surface area contributed by atoms with Gasteiger partial charge in [0.05, 0.1) is 17.6 Å². The number of hydrogen-bond donors (Lipinski definition) is 2. The summed E-state index contributed by atoms with van der Waals surface area (Å²) in [4.78, 5) is 12.5. The summed E-state index contributed by atoms with van der Waals surface area (Å²) >= 11 is 0. The molecule has 4 aromatic rings. The predicted molar refractivity (Wildman–Crippen MR) is 117 cm³/mol. The summed E-state index contributed by atoms with van der Waals surface area (Å²) in [7, 11) is 1.88. The first-order chi connectivity index (χ1) is 14.5. The molecule has 7 heteroatoms. The second kappa shape index (κ2) is 6.95. The van der Waals surface area contributed by atoms with Gasteiger partial charge in [0.1, 0.15) is 5.69 Å². The van der Waals surface area contributed by atoms with E-state index in [0.717, 1.165) is 41.1 Å². The van der Waals surface area contributed by atoms with Crippen LogP contribution in [0.5, 0.6) is 0 Å². The van der Waals surface area contributed by atoms with Crippen LogP contribution in [0.25, 0.3) is 22.0 Å². The molecule has 1 amide bonds. The number of nitrogens with one attached hydrogen (secondary N) is 2. The van der Waals surface area contributed by atoms with Gasteiger partial charge in [-0.25, -0.2) is 5.43 Å². The molecule has 150 valence electrons. The van der Waals surface area contributed by atoms with E-state index in [9.17, 15) is 4.79 Å². The minimum absolute atomic E-state index is 0.338. The van der Waals surface area contributed by atoms with E-state index >= 15 is 0 Å². The topological polar surface area (TPSA) is 88.0 Å². The lowest BCUT2D eigenvalue weighted by Gasteiger charge is -2.06. The Hall–Kier alpha value is -3.74. The Morgan fingerprint density at radius 1 is 1.20 bits per heavy atom. The smallest absolute Gasteiger partial charge is 0.272 e. The summed E-state index contributed by atoms with van der Waals surface area (Å²) in [6, 6.07) is 12.4. The first-order valence-corrected chi connectivity index (χ1v) is 9.96. The summed E-state index contributed by atoms with van der Waals surface area (Å²) in [6.45, 7) is 3.87. The molecule has 5 rings (SSSR count). The molecule has 2 heterocycles. The second-order valence-electron chi connectivity index (χ2n) is 7.69. The van der Waals surface area contributed by atoms with Gasteiger partial charge < -0.3 is 0 Å². The molecule has 2 N–H and O–H groups in total. The van der Waals surface area contributed by atoms with Crippen molar-refractivity contribution in [3.63, 3.8) is 0 Å². The SMILES string of the molecule is Cc1nn(C)c(C)c1/C=N\NC(=O)c1cc(-c2ccc3c4c(cccc24)CC3)n[nH]1. The van der Waals surface area contributed by atoms with E-state index in [1.807, 2.05) is 20.9 Å². The summed E-state index contributed by atoms with van der Waals surface area (Å²) in [5, 5.41) is 18.2. The van der Waals surface area contributed by atoms with E-state index in [1.165, 1.54) is 21.9 Å². The highest BCUT2D eigenvalue weighted by Gasteiger charge is 2.18. The van der Waals surface area contributed by atoms with Gasteiger partial charge in [-0.1, -0.05) is 30.3 Å². The van der Waals surface area contributed by atoms with Crippen LogP contribution in [0.2, 0.25) is 0 Å². The number of benzene rings is 2. The Bertz CT molecular complexity index is 1320. The number of rotatable bonds is 4. The largest absolute Gasteiger partial charge is 0.289 e. The maximum absolute atomic E-state index is 12.5. The Morgan fingerprint density at radius 2 is 2.00 bits per heavy atom. The Labute approximate surface area is 173 Å². The van der Waals surface area contributed by atoms with Gasteiger partial charge in [-0.15, -0.1) is 0 Å². The molecular formula is C23H22N6O. The third kappa shape index (κ3) is 2.90. The molecule has 1 aliphatic carbocycles. The van der Waals surface area contributed by atoms with Crippen molar-refractivity contribution in [3.8, 4) is 11.3 Å². The van der Waals surface area contributed by atoms with E-state index < -0.39 is 0 Å². The number of H-pyrrole nitrogens is 1. The Balaban J connectivity index is 1.39. The van der Waals surface area contributed by atoms with Gasteiger partial charge in [-0.05, 0) is 54.7 Å². The van der Waals surface area contributed by atoms with E-state index in [2.05, 4.69) is 56.2 Å². The number of carbonyl (C=O) groups is 1. The maximum Gasteiger partial charge on any atom is 0.289 e. The average molecular weight is 398 g/mol. The predicted octanol–water partition coefficient (Wildman–Crippen LogP) is 3.44. The fraction of sp³-hybridized carbons (Fsp3) is 0.217. The molecule has 30 heavy (non-hydrogen) atoms. The molecule has 0 aliphatic heterocycles. The minimum Gasteiger partial charge on any atom is -0.272 e. The summed E-state index contributed by atoms with van der Waals surface area (Å²) < 4.78 is 1.79. The van der Waals surface area contributed by atoms with Gasteiger partial charge in [0, 0.05) is 23.9 Å². The number of hydrazone groups is 1. The van der Waals surface area contributed by atoms with Crippen LogP contribution in [-0.4, -0.2) is 32.1 Å². The van der Waals surface area contributed by atoms with E-state index in [-0.39, 0.29) is 5.91 Å². The lowest BCUT2D eigenvalue weighted by molar-refractivity contribution is 0.0950. The van der Waals surface area contributed by atoms with E-state index in [0.29, 0.717) is 5.69 Å². The van der Waals surface area contributed by atoms with Crippen molar-refractivity contribution in [2.45, 2.75) is 26.7 Å². The highest BCUT2D eigenvalue weighted by atomic mass is 16.2. The van der Waals surface area contributed by atoms with Crippen LogP contribution < -0.4 is 5.43 Å². The zero-order chi connectivity index (χ0) is 20.8. The van der Waals surface area contributed by atoms with E-state index in [1.54, 1.807) is 17.0 Å². The molecule has 0 unspecified atom stereocenters. The van der Waals surface area contributed by atoms with Crippen molar-refractivity contribution in [2.75, 3.05) is 0 Å². The van der Waals surface area contributed by atoms with Crippen LogP contribution in [0.15, 0.2) is 41.5 Å². The van der Waals surface area contributed by atoms with Crippen LogP contribution in [0, 0.1) is 13.8 Å². The number of amides is 1. The summed E-state index contributed by atoms with van der Waals surface area (Å²) in [6.07, 6.45) is 3.78. The molecule has 0 radical (unpaired) electrons.